The minimum atomic E-state index is -0.115. The van der Waals surface area contributed by atoms with Crippen molar-refractivity contribution in [1.29, 1.82) is 0 Å². The zero-order valence-corrected chi connectivity index (χ0v) is 9.90. The largest absolute Gasteiger partial charge is 0.397 e. The van der Waals surface area contributed by atoms with E-state index in [1.54, 1.807) is 13.1 Å². The molecule has 92 valence electrons. The van der Waals surface area contributed by atoms with E-state index in [9.17, 15) is 9.59 Å². The normalized spacial score (nSPS) is 14.6. The van der Waals surface area contributed by atoms with Crippen LogP contribution in [0.4, 0.5) is 5.69 Å². The predicted molar refractivity (Wildman–Crippen MR) is 65.6 cm³/mol. The minimum absolute atomic E-state index is 0.00135. The highest BCUT2D eigenvalue weighted by Crippen LogP contribution is 2.18. The highest BCUT2D eigenvalue weighted by molar-refractivity contribution is 5.76. The first kappa shape index (κ1) is 11.7. The van der Waals surface area contributed by atoms with E-state index in [2.05, 4.69) is 5.32 Å². The monoisotopic (exact) mass is 235 g/mol. The molecular formula is C12H17N3O2. The summed E-state index contributed by atoms with van der Waals surface area (Å²) >= 11 is 0. The maximum Gasteiger partial charge on any atom is 0.250 e. The third-order valence-electron chi connectivity index (χ3n) is 2.90. The Hall–Kier alpha value is -1.78. The number of aromatic nitrogens is 1. The summed E-state index contributed by atoms with van der Waals surface area (Å²) < 4.78 is 1.48. The lowest BCUT2D eigenvalue weighted by molar-refractivity contribution is -0.121. The summed E-state index contributed by atoms with van der Waals surface area (Å²) in [5.74, 6) is -0.00135. The van der Waals surface area contributed by atoms with E-state index in [1.165, 1.54) is 10.6 Å². The van der Waals surface area contributed by atoms with E-state index >= 15 is 0 Å². The van der Waals surface area contributed by atoms with Crippen molar-refractivity contribution >= 4 is 11.6 Å². The van der Waals surface area contributed by atoms with Crippen LogP contribution in [0.3, 0.4) is 0 Å². The van der Waals surface area contributed by atoms with Crippen molar-refractivity contribution in [3.63, 3.8) is 0 Å². The van der Waals surface area contributed by atoms with Gasteiger partial charge in [0.15, 0.2) is 0 Å². The Labute approximate surface area is 99.6 Å². The van der Waals surface area contributed by atoms with E-state index in [-0.39, 0.29) is 11.5 Å². The molecule has 0 aliphatic heterocycles. The first-order chi connectivity index (χ1) is 8.06. The molecule has 2 rings (SSSR count). The van der Waals surface area contributed by atoms with Gasteiger partial charge in [0.2, 0.25) is 5.91 Å². The molecule has 1 fully saturated rings. The van der Waals surface area contributed by atoms with Crippen LogP contribution < -0.4 is 16.6 Å². The molecule has 5 heteroatoms. The van der Waals surface area contributed by atoms with Crippen molar-refractivity contribution in [2.45, 2.75) is 38.8 Å². The van der Waals surface area contributed by atoms with E-state index in [4.69, 9.17) is 5.73 Å². The fourth-order valence-electron chi connectivity index (χ4n) is 1.61. The molecule has 0 atom stereocenters. The van der Waals surface area contributed by atoms with Crippen molar-refractivity contribution in [2.24, 2.45) is 0 Å². The number of carbonyl (C=O) groups is 1. The van der Waals surface area contributed by atoms with Crippen LogP contribution in [0, 0.1) is 6.92 Å². The number of hydrogen-bond acceptors (Lipinski definition) is 3. The molecule has 0 radical (unpaired) electrons. The number of aryl methyl sites for hydroxylation is 2. The van der Waals surface area contributed by atoms with Crippen molar-refractivity contribution < 1.29 is 4.79 Å². The lowest BCUT2D eigenvalue weighted by atomic mass is 10.2. The molecule has 1 saturated carbocycles. The molecule has 1 aromatic rings. The van der Waals surface area contributed by atoms with Crippen LogP contribution >= 0.6 is 0 Å². The summed E-state index contributed by atoms with van der Waals surface area (Å²) in [4.78, 5) is 23.1. The van der Waals surface area contributed by atoms with Gasteiger partial charge in [-0.15, -0.1) is 0 Å². The van der Waals surface area contributed by atoms with Gasteiger partial charge in [-0.3, -0.25) is 9.59 Å². The summed E-state index contributed by atoms with van der Waals surface area (Å²) in [6.45, 7) is 2.17. The molecule has 5 nitrogen and oxygen atoms in total. The second kappa shape index (κ2) is 4.61. The number of amides is 1. The molecule has 1 aromatic heterocycles. The standard InChI is InChI=1S/C12H17N3O2/c1-8-6-12(17)15(7-10(8)13)5-4-11(16)14-9-2-3-9/h6-7,9H,2-5,13H2,1H3,(H,14,16). The number of nitrogens with two attached hydrogens (primary N) is 1. The van der Waals surface area contributed by atoms with Crippen LogP contribution in [0.15, 0.2) is 17.1 Å². The Balaban J connectivity index is 1.96. The Morgan fingerprint density at radius 2 is 2.29 bits per heavy atom. The van der Waals surface area contributed by atoms with Gasteiger partial charge in [0.05, 0.1) is 5.69 Å². The third kappa shape index (κ3) is 3.09. The summed E-state index contributed by atoms with van der Waals surface area (Å²) in [7, 11) is 0. The number of anilines is 1. The lowest BCUT2D eigenvalue weighted by Crippen LogP contribution is -2.28. The number of nitrogens with one attached hydrogen (secondary N) is 1. The van der Waals surface area contributed by atoms with Gasteiger partial charge in [0.25, 0.3) is 5.56 Å². The Morgan fingerprint density at radius 3 is 2.94 bits per heavy atom. The van der Waals surface area contributed by atoms with Crippen LogP contribution in [0.1, 0.15) is 24.8 Å². The van der Waals surface area contributed by atoms with E-state index < -0.39 is 0 Å². The molecule has 1 amide bonds. The molecular weight excluding hydrogens is 218 g/mol. The highest BCUT2D eigenvalue weighted by Gasteiger charge is 2.22. The Morgan fingerprint density at radius 1 is 1.59 bits per heavy atom. The zero-order valence-electron chi connectivity index (χ0n) is 9.90. The van der Waals surface area contributed by atoms with Crippen molar-refractivity contribution in [2.75, 3.05) is 5.73 Å². The fraction of sp³-hybridized carbons (Fsp3) is 0.500. The number of nitrogen functional groups attached to an aromatic ring is 1. The van der Waals surface area contributed by atoms with Gasteiger partial charge in [-0.25, -0.2) is 0 Å². The van der Waals surface area contributed by atoms with Crippen LogP contribution in [0.2, 0.25) is 0 Å². The molecule has 1 aliphatic rings. The zero-order chi connectivity index (χ0) is 12.4. The van der Waals surface area contributed by atoms with E-state index in [0.717, 1.165) is 18.4 Å². The van der Waals surface area contributed by atoms with E-state index in [1.807, 2.05) is 0 Å². The summed E-state index contributed by atoms with van der Waals surface area (Å²) in [5, 5.41) is 2.88. The molecule has 0 unspecified atom stereocenters. The van der Waals surface area contributed by atoms with Crippen molar-refractivity contribution in [3.05, 3.63) is 28.2 Å². The van der Waals surface area contributed by atoms with Crippen molar-refractivity contribution in [1.82, 2.24) is 9.88 Å². The molecule has 0 saturated heterocycles. The van der Waals surface area contributed by atoms with Gasteiger partial charge in [-0.1, -0.05) is 0 Å². The molecule has 3 N–H and O–H groups in total. The molecule has 0 spiro atoms. The quantitative estimate of drug-likeness (QED) is 0.793. The smallest absolute Gasteiger partial charge is 0.250 e. The maximum atomic E-state index is 11.6. The van der Waals surface area contributed by atoms with Crippen LogP contribution in [-0.2, 0) is 11.3 Å². The van der Waals surface area contributed by atoms with Crippen molar-refractivity contribution in [3.8, 4) is 0 Å². The van der Waals surface area contributed by atoms with Gasteiger partial charge < -0.3 is 15.6 Å². The van der Waals surface area contributed by atoms with Gasteiger partial charge in [0.1, 0.15) is 0 Å². The number of rotatable bonds is 4. The highest BCUT2D eigenvalue weighted by atomic mass is 16.2. The number of carbonyl (C=O) groups excluding carboxylic acids is 1. The molecule has 17 heavy (non-hydrogen) atoms. The number of hydrogen-bond donors (Lipinski definition) is 2. The molecule has 1 heterocycles. The second-order valence-electron chi connectivity index (χ2n) is 4.54. The molecule has 0 bridgehead atoms. The third-order valence-corrected chi connectivity index (χ3v) is 2.90. The second-order valence-corrected chi connectivity index (χ2v) is 4.54. The van der Waals surface area contributed by atoms with Crippen LogP contribution in [0.5, 0.6) is 0 Å². The minimum Gasteiger partial charge on any atom is -0.397 e. The Bertz CT molecular complexity index is 489. The first-order valence-electron chi connectivity index (χ1n) is 5.82. The van der Waals surface area contributed by atoms with Gasteiger partial charge in [0, 0.05) is 31.3 Å². The topological polar surface area (TPSA) is 77.1 Å². The van der Waals surface area contributed by atoms with Crippen LogP contribution in [0.25, 0.3) is 0 Å². The SMILES string of the molecule is Cc1cc(=O)n(CCC(=O)NC2CC2)cc1N. The average Bonchev–Trinajstić information content (AvgIpc) is 3.05. The number of pyridine rings is 1. The van der Waals surface area contributed by atoms with Gasteiger partial charge >= 0.3 is 0 Å². The molecule has 0 aromatic carbocycles. The summed E-state index contributed by atoms with van der Waals surface area (Å²) in [6.07, 6.45) is 4.06. The Kier molecular flexibility index (Phi) is 3.17. The average molecular weight is 235 g/mol. The molecule has 1 aliphatic carbocycles. The summed E-state index contributed by atoms with van der Waals surface area (Å²) in [6, 6.07) is 1.86. The van der Waals surface area contributed by atoms with E-state index in [0.29, 0.717) is 24.7 Å². The van der Waals surface area contributed by atoms with Gasteiger partial charge in [-0.05, 0) is 25.3 Å². The lowest BCUT2D eigenvalue weighted by Gasteiger charge is -2.08. The fourth-order valence-corrected chi connectivity index (χ4v) is 1.61. The van der Waals surface area contributed by atoms with Gasteiger partial charge in [-0.2, -0.15) is 0 Å². The summed E-state index contributed by atoms with van der Waals surface area (Å²) in [5.41, 5.74) is 6.96. The maximum absolute atomic E-state index is 11.6. The van der Waals surface area contributed by atoms with Crippen LogP contribution in [-0.4, -0.2) is 16.5 Å². The first-order valence-corrected chi connectivity index (χ1v) is 5.82. The predicted octanol–water partition coefficient (Wildman–Crippen LogP) is 0.408. The number of nitrogens with zero attached hydrogens (tertiary/aromatic N) is 1.